The van der Waals surface area contributed by atoms with Crippen LogP contribution in [0, 0.1) is 0 Å². The first-order chi connectivity index (χ1) is 7.98. The van der Waals surface area contributed by atoms with E-state index in [0.717, 1.165) is 9.98 Å². The van der Waals surface area contributed by atoms with Crippen LogP contribution < -0.4 is 5.32 Å². The van der Waals surface area contributed by atoms with Crippen molar-refractivity contribution < 1.29 is 17.2 Å². The molecule has 0 radical (unpaired) electrons. The van der Waals surface area contributed by atoms with E-state index in [2.05, 4.69) is 10.3 Å². The number of alkyl halides is 2. The maximum atomic E-state index is 12.5. The summed E-state index contributed by atoms with van der Waals surface area (Å²) in [6, 6.07) is -0.345. The van der Waals surface area contributed by atoms with Gasteiger partial charge in [-0.1, -0.05) is 6.08 Å². The van der Waals surface area contributed by atoms with Crippen molar-refractivity contribution in [1.29, 1.82) is 0 Å². The Labute approximate surface area is 97.1 Å². The summed E-state index contributed by atoms with van der Waals surface area (Å²) >= 11 is 0. The molecule has 0 aromatic carbocycles. The van der Waals surface area contributed by atoms with Crippen molar-refractivity contribution in [3.05, 3.63) is 29.7 Å². The van der Waals surface area contributed by atoms with E-state index in [1.54, 1.807) is 0 Å². The van der Waals surface area contributed by atoms with E-state index in [9.17, 15) is 17.2 Å². The number of imidazole rings is 1. The van der Waals surface area contributed by atoms with Gasteiger partial charge < -0.3 is 5.32 Å². The number of nitrogens with one attached hydrogen (secondary N) is 1. The third kappa shape index (κ3) is 2.89. The van der Waals surface area contributed by atoms with Crippen LogP contribution in [-0.2, 0) is 16.4 Å². The predicted octanol–water partition coefficient (Wildman–Crippen LogP) is 0.678. The normalized spacial score (nSPS) is 22.4. The summed E-state index contributed by atoms with van der Waals surface area (Å²) in [5.41, 5.74) is 0. The van der Waals surface area contributed by atoms with Crippen molar-refractivity contribution in [3.63, 3.8) is 0 Å². The molecule has 0 amide bonds. The van der Waals surface area contributed by atoms with Crippen molar-refractivity contribution in [3.8, 4) is 0 Å². The van der Waals surface area contributed by atoms with Crippen LogP contribution in [0.25, 0.3) is 0 Å². The molecule has 8 heteroatoms. The standard InChI is InChI=1S/C9H11F2N3O2S/c10-9(11)14-3-2-12-8(14)5-13-7-1-4-17(15,16)6-7/h1-4,7,9,13H,5-6H2. The zero-order valence-corrected chi connectivity index (χ0v) is 9.57. The maximum Gasteiger partial charge on any atom is 0.319 e. The van der Waals surface area contributed by atoms with Crippen LogP contribution in [0.4, 0.5) is 8.78 Å². The molecule has 1 aliphatic heterocycles. The van der Waals surface area contributed by atoms with Crippen LogP contribution in [0.1, 0.15) is 12.4 Å². The van der Waals surface area contributed by atoms with Gasteiger partial charge in [-0.15, -0.1) is 0 Å². The summed E-state index contributed by atoms with van der Waals surface area (Å²) in [7, 11) is -3.13. The zero-order valence-electron chi connectivity index (χ0n) is 8.75. The van der Waals surface area contributed by atoms with Crippen molar-refractivity contribution in [2.24, 2.45) is 0 Å². The Balaban J connectivity index is 1.95. The van der Waals surface area contributed by atoms with Crippen molar-refractivity contribution in [2.75, 3.05) is 5.75 Å². The van der Waals surface area contributed by atoms with Gasteiger partial charge in [-0.3, -0.25) is 4.57 Å². The molecule has 0 spiro atoms. The Bertz CT molecular complexity index is 524. The van der Waals surface area contributed by atoms with E-state index in [4.69, 9.17) is 0 Å². The zero-order chi connectivity index (χ0) is 12.5. The number of aromatic nitrogens is 2. The first kappa shape index (κ1) is 12.2. The quantitative estimate of drug-likeness (QED) is 0.867. The molecule has 1 aliphatic rings. The lowest BCUT2D eigenvalue weighted by Crippen LogP contribution is -2.30. The van der Waals surface area contributed by atoms with Gasteiger partial charge in [0, 0.05) is 23.8 Å². The van der Waals surface area contributed by atoms with Crippen LogP contribution in [0.15, 0.2) is 23.9 Å². The highest BCUT2D eigenvalue weighted by Gasteiger charge is 2.21. The summed E-state index contributed by atoms with van der Waals surface area (Å²) in [6.45, 7) is -2.54. The molecule has 94 valence electrons. The molecular weight excluding hydrogens is 252 g/mol. The molecule has 0 bridgehead atoms. The van der Waals surface area contributed by atoms with Gasteiger partial charge in [-0.25, -0.2) is 13.4 Å². The monoisotopic (exact) mass is 263 g/mol. The second kappa shape index (κ2) is 4.53. The molecule has 1 atom stereocenters. The van der Waals surface area contributed by atoms with Crippen LogP contribution in [0.3, 0.4) is 0 Å². The summed E-state index contributed by atoms with van der Waals surface area (Å²) in [4.78, 5) is 3.78. The van der Waals surface area contributed by atoms with Crippen molar-refractivity contribution >= 4 is 9.84 Å². The van der Waals surface area contributed by atoms with E-state index in [0.29, 0.717) is 0 Å². The largest absolute Gasteiger partial charge is 0.319 e. The lowest BCUT2D eigenvalue weighted by atomic mass is 10.3. The molecule has 0 aliphatic carbocycles. The Kier molecular flexibility index (Phi) is 3.25. The first-order valence-electron chi connectivity index (χ1n) is 4.92. The second-order valence-corrected chi connectivity index (χ2v) is 5.61. The molecule has 1 aromatic rings. The molecular formula is C9H11F2N3O2S. The van der Waals surface area contributed by atoms with Crippen molar-refractivity contribution in [2.45, 2.75) is 19.1 Å². The first-order valence-corrected chi connectivity index (χ1v) is 6.64. The van der Waals surface area contributed by atoms with Gasteiger partial charge in [0.2, 0.25) is 0 Å². The number of hydrogen-bond acceptors (Lipinski definition) is 4. The molecule has 1 aromatic heterocycles. The number of rotatable bonds is 4. The fourth-order valence-corrected chi connectivity index (χ4v) is 2.85. The predicted molar refractivity (Wildman–Crippen MR) is 57.0 cm³/mol. The van der Waals surface area contributed by atoms with Gasteiger partial charge in [0.25, 0.3) is 0 Å². The second-order valence-electron chi connectivity index (χ2n) is 3.67. The lowest BCUT2D eigenvalue weighted by molar-refractivity contribution is 0.0665. The van der Waals surface area contributed by atoms with Crippen LogP contribution in [0.2, 0.25) is 0 Å². The molecule has 17 heavy (non-hydrogen) atoms. The van der Waals surface area contributed by atoms with Gasteiger partial charge >= 0.3 is 6.55 Å². The number of hydrogen-bond donors (Lipinski definition) is 1. The van der Waals surface area contributed by atoms with E-state index in [-0.39, 0.29) is 24.2 Å². The Hall–Kier alpha value is -1.28. The van der Waals surface area contributed by atoms with Gasteiger partial charge in [-0.05, 0) is 0 Å². The number of nitrogens with zero attached hydrogens (tertiary/aromatic N) is 2. The smallest absolute Gasteiger partial charge is 0.303 e. The summed E-state index contributed by atoms with van der Waals surface area (Å²) in [5.74, 6) is 0.139. The average Bonchev–Trinajstić information content (AvgIpc) is 2.81. The summed E-state index contributed by atoms with van der Waals surface area (Å²) in [6.07, 6.45) is 3.97. The molecule has 5 nitrogen and oxygen atoms in total. The molecule has 0 saturated carbocycles. The highest BCUT2D eigenvalue weighted by atomic mass is 32.2. The van der Waals surface area contributed by atoms with Gasteiger partial charge in [0.1, 0.15) is 5.82 Å². The molecule has 0 saturated heterocycles. The molecule has 1 N–H and O–H groups in total. The minimum atomic E-state index is -3.13. The minimum absolute atomic E-state index is 0.0393. The lowest BCUT2D eigenvalue weighted by Gasteiger charge is -2.10. The van der Waals surface area contributed by atoms with Crippen LogP contribution >= 0.6 is 0 Å². The molecule has 2 heterocycles. The van der Waals surface area contributed by atoms with E-state index < -0.39 is 16.4 Å². The number of halogens is 2. The van der Waals surface area contributed by atoms with Gasteiger partial charge in [0.05, 0.1) is 12.3 Å². The van der Waals surface area contributed by atoms with E-state index in [1.165, 1.54) is 18.5 Å². The summed E-state index contributed by atoms with van der Waals surface area (Å²) in [5, 5.41) is 3.98. The summed E-state index contributed by atoms with van der Waals surface area (Å²) < 4.78 is 47.9. The van der Waals surface area contributed by atoms with E-state index in [1.807, 2.05) is 0 Å². The third-order valence-electron chi connectivity index (χ3n) is 2.41. The molecule has 0 fully saturated rings. The fourth-order valence-electron chi connectivity index (χ4n) is 1.58. The van der Waals surface area contributed by atoms with Gasteiger partial charge in [0.15, 0.2) is 9.84 Å². The van der Waals surface area contributed by atoms with Crippen molar-refractivity contribution in [1.82, 2.24) is 14.9 Å². The SMILES string of the molecule is O=S1(=O)C=CC(NCc2nccn2C(F)F)C1. The highest BCUT2D eigenvalue weighted by Crippen LogP contribution is 2.13. The third-order valence-corrected chi connectivity index (χ3v) is 3.81. The fraction of sp³-hybridized carbons (Fsp3) is 0.444. The maximum absolute atomic E-state index is 12.5. The number of sulfone groups is 1. The molecule has 2 rings (SSSR count). The Morgan fingerprint density at radius 1 is 1.59 bits per heavy atom. The highest BCUT2D eigenvalue weighted by molar-refractivity contribution is 7.94. The Morgan fingerprint density at radius 2 is 2.35 bits per heavy atom. The molecule has 1 unspecified atom stereocenters. The minimum Gasteiger partial charge on any atom is -0.303 e. The van der Waals surface area contributed by atoms with Crippen LogP contribution in [0.5, 0.6) is 0 Å². The topological polar surface area (TPSA) is 64.0 Å². The average molecular weight is 263 g/mol. The van der Waals surface area contributed by atoms with E-state index >= 15 is 0 Å². The van der Waals surface area contributed by atoms with Crippen LogP contribution in [-0.4, -0.2) is 29.8 Å². The Morgan fingerprint density at radius 3 is 2.94 bits per heavy atom. The van der Waals surface area contributed by atoms with Gasteiger partial charge in [-0.2, -0.15) is 8.78 Å².